The lowest BCUT2D eigenvalue weighted by molar-refractivity contribution is 0.530. The van der Waals surface area contributed by atoms with Gasteiger partial charge in [-0.05, 0) is 51.1 Å². The summed E-state index contributed by atoms with van der Waals surface area (Å²) in [4.78, 5) is 4.64. The lowest BCUT2D eigenvalue weighted by Gasteiger charge is -2.30. The molecule has 0 spiro atoms. The van der Waals surface area contributed by atoms with Crippen LogP contribution < -0.4 is 0 Å². The molecule has 1 nitrogen and oxygen atoms in total. The van der Waals surface area contributed by atoms with Crippen molar-refractivity contribution in [1.82, 2.24) is 4.98 Å². The maximum Gasteiger partial charge on any atom is 0.0704 e. The molecular formula is C23H33N. The summed E-state index contributed by atoms with van der Waals surface area (Å²) >= 11 is 0. The zero-order valence-electron chi connectivity index (χ0n) is 16.9. The van der Waals surface area contributed by atoms with Crippen molar-refractivity contribution in [3.05, 3.63) is 53.2 Å². The quantitative estimate of drug-likeness (QED) is 0.573. The maximum absolute atomic E-state index is 4.64. The van der Waals surface area contributed by atoms with Gasteiger partial charge in [-0.3, -0.25) is 4.98 Å². The van der Waals surface area contributed by atoms with Crippen molar-refractivity contribution in [2.45, 2.75) is 78.6 Å². The number of aromatic nitrogens is 1. The number of nitrogens with zero attached hydrogens (tertiary/aromatic N) is 1. The third-order valence-electron chi connectivity index (χ3n) is 4.56. The van der Waals surface area contributed by atoms with Crippen LogP contribution in [0.1, 0.15) is 79.0 Å². The minimum atomic E-state index is 0.111. The highest BCUT2D eigenvalue weighted by molar-refractivity contribution is 5.63. The molecule has 0 radical (unpaired) electrons. The SMILES string of the molecule is CC(C)(C)c1ccnc(-c2ccc(C(C)(C)C)c(C(C)(C)C)c2)c1. The molecule has 2 aromatic rings. The van der Waals surface area contributed by atoms with E-state index in [9.17, 15) is 0 Å². The minimum absolute atomic E-state index is 0.111. The zero-order valence-corrected chi connectivity index (χ0v) is 16.9. The van der Waals surface area contributed by atoms with Gasteiger partial charge >= 0.3 is 0 Å². The topological polar surface area (TPSA) is 12.9 Å². The Hall–Kier alpha value is -1.63. The number of rotatable bonds is 1. The van der Waals surface area contributed by atoms with Gasteiger partial charge in [-0.2, -0.15) is 0 Å². The molecule has 1 heteroatoms. The van der Waals surface area contributed by atoms with Crippen LogP contribution in [0, 0.1) is 0 Å². The molecule has 0 aliphatic heterocycles. The molecule has 24 heavy (non-hydrogen) atoms. The fourth-order valence-corrected chi connectivity index (χ4v) is 3.03. The van der Waals surface area contributed by atoms with Crippen LogP contribution in [0.5, 0.6) is 0 Å². The predicted octanol–water partition coefficient (Wildman–Crippen LogP) is 6.64. The molecule has 1 aromatic heterocycles. The standard InChI is InChI=1S/C23H33N/c1-21(2,3)17-12-13-24-20(15-17)16-10-11-18(22(4,5)6)19(14-16)23(7,8)9/h10-15H,1-9H3. The molecule has 0 fully saturated rings. The summed E-state index contributed by atoms with van der Waals surface area (Å²) < 4.78 is 0. The average Bonchev–Trinajstić information content (AvgIpc) is 2.44. The zero-order chi connectivity index (χ0) is 18.3. The van der Waals surface area contributed by atoms with E-state index in [1.165, 1.54) is 22.3 Å². The first-order chi connectivity index (χ1) is 10.8. The van der Waals surface area contributed by atoms with Gasteiger partial charge in [-0.1, -0.05) is 74.4 Å². The van der Waals surface area contributed by atoms with Crippen LogP contribution in [0.3, 0.4) is 0 Å². The molecule has 0 amide bonds. The summed E-state index contributed by atoms with van der Waals surface area (Å²) in [5.74, 6) is 0. The molecule has 0 N–H and O–H groups in total. The monoisotopic (exact) mass is 323 g/mol. The summed E-state index contributed by atoms with van der Waals surface area (Å²) in [6, 6.07) is 11.2. The summed E-state index contributed by atoms with van der Waals surface area (Å²) in [5, 5.41) is 0. The van der Waals surface area contributed by atoms with Crippen molar-refractivity contribution in [3.8, 4) is 11.3 Å². The summed E-state index contributed by atoms with van der Waals surface area (Å²) in [7, 11) is 0. The highest BCUT2D eigenvalue weighted by Crippen LogP contribution is 2.36. The third-order valence-corrected chi connectivity index (χ3v) is 4.56. The van der Waals surface area contributed by atoms with Gasteiger partial charge in [-0.15, -0.1) is 0 Å². The Morgan fingerprint density at radius 3 is 1.71 bits per heavy atom. The Bertz CT molecular complexity index is 719. The highest BCUT2D eigenvalue weighted by Gasteiger charge is 2.25. The van der Waals surface area contributed by atoms with E-state index in [0.29, 0.717) is 0 Å². The van der Waals surface area contributed by atoms with E-state index < -0.39 is 0 Å². The van der Waals surface area contributed by atoms with Gasteiger partial charge in [0, 0.05) is 11.8 Å². The molecule has 0 bridgehead atoms. The second kappa shape index (κ2) is 6.02. The molecule has 0 saturated heterocycles. The van der Waals surface area contributed by atoms with Gasteiger partial charge in [0.1, 0.15) is 0 Å². The molecule has 1 heterocycles. The lowest BCUT2D eigenvalue weighted by atomic mass is 9.74. The van der Waals surface area contributed by atoms with Crippen molar-refractivity contribution in [3.63, 3.8) is 0 Å². The van der Waals surface area contributed by atoms with Gasteiger partial charge in [0.05, 0.1) is 5.69 Å². The molecule has 0 saturated carbocycles. The fraction of sp³-hybridized carbons (Fsp3) is 0.522. The molecule has 2 rings (SSSR count). The first-order valence-electron chi connectivity index (χ1n) is 8.92. The Kier molecular flexibility index (Phi) is 4.69. The summed E-state index contributed by atoms with van der Waals surface area (Å²) in [6.07, 6.45) is 1.93. The van der Waals surface area contributed by atoms with Crippen LogP contribution in [0.15, 0.2) is 36.5 Å². The van der Waals surface area contributed by atoms with Gasteiger partial charge in [-0.25, -0.2) is 0 Å². The van der Waals surface area contributed by atoms with Crippen LogP contribution in [0.4, 0.5) is 0 Å². The van der Waals surface area contributed by atoms with Crippen LogP contribution >= 0.6 is 0 Å². The minimum Gasteiger partial charge on any atom is -0.256 e. The van der Waals surface area contributed by atoms with E-state index in [0.717, 1.165) is 5.69 Å². The predicted molar refractivity (Wildman–Crippen MR) is 106 cm³/mol. The fourth-order valence-electron chi connectivity index (χ4n) is 3.03. The third kappa shape index (κ3) is 4.06. The maximum atomic E-state index is 4.64. The second-order valence-electron chi connectivity index (χ2n) is 9.94. The Labute approximate surface area is 148 Å². The Morgan fingerprint density at radius 1 is 0.625 bits per heavy atom. The van der Waals surface area contributed by atoms with Crippen LogP contribution in [0.2, 0.25) is 0 Å². The lowest BCUT2D eigenvalue weighted by Crippen LogP contribution is -2.22. The van der Waals surface area contributed by atoms with E-state index >= 15 is 0 Å². The van der Waals surface area contributed by atoms with E-state index in [1.54, 1.807) is 0 Å². The smallest absolute Gasteiger partial charge is 0.0704 e. The largest absolute Gasteiger partial charge is 0.256 e. The van der Waals surface area contributed by atoms with E-state index in [1.807, 2.05) is 6.20 Å². The van der Waals surface area contributed by atoms with Crippen molar-refractivity contribution in [2.24, 2.45) is 0 Å². The van der Waals surface area contributed by atoms with E-state index in [2.05, 4.69) is 97.6 Å². The number of pyridine rings is 1. The Morgan fingerprint density at radius 2 is 1.21 bits per heavy atom. The summed E-state index contributed by atoms with van der Waals surface area (Å²) in [6.45, 7) is 20.5. The normalized spacial score (nSPS) is 13.2. The molecule has 0 unspecified atom stereocenters. The Balaban J connectivity index is 2.62. The number of hydrogen-bond acceptors (Lipinski definition) is 1. The molecule has 0 aliphatic carbocycles. The summed E-state index contributed by atoms with van der Waals surface area (Å²) in [5.41, 5.74) is 6.82. The number of hydrogen-bond donors (Lipinski definition) is 0. The average molecular weight is 324 g/mol. The van der Waals surface area contributed by atoms with Crippen molar-refractivity contribution in [2.75, 3.05) is 0 Å². The molecule has 130 valence electrons. The van der Waals surface area contributed by atoms with Crippen LogP contribution in [0.25, 0.3) is 11.3 Å². The highest BCUT2D eigenvalue weighted by atomic mass is 14.7. The first-order valence-corrected chi connectivity index (χ1v) is 8.92. The van der Waals surface area contributed by atoms with Crippen molar-refractivity contribution >= 4 is 0 Å². The first kappa shape index (κ1) is 18.7. The second-order valence-corrected chi connectivity index (χ2v) is 9.94. The van der Waals surface area contributed by atoms with Gasteiger partial charge in [0.15, 0.2) is 0 Å². The van der Waals surface area contributed by atoms with Crippen molar-refractivity contribution in [1.29, 1.82) is 0 Å². The molecule has 1 aromatic carbocycles. The van der Waals surface area contributed by atoms with Gasteiger partial charge in [0.25, 0.3) is 0 Å². The molecular weight excluding hydrogens is 290 g/mol. The molecule has 0 aliphatic rings. The molecule has 0 atom stereocenters. The van der Waals surface area contributed by atoms with Crippen LogP contribution in [-0.4, -0.2) is 4.98 Å². The van der Waals surface area contributed by atoms with E-state index in [-0.39, 0.29) is 16.2 Å². The van der Waals surface area contributed by atoms with Crippen LogP contribution in [-0.2, 0) is 16.2 Å². The number of benzene rings is 1. The van der Waals surface area contributed by atoms with Gasteiger partial charge in [0.2, 0.25) is 0 Å². The van der Waals surface area contributed by atoms with Gasteiger partial charge < -0.3 is 0 Å². The van der Waals surface area contributed by atoms with Crippen molar-refractivity contribution < 1.29 is 0 Å². The van der Waals surface area contributed by atoms with E-state index in [4.69, 9.17) is 0 Å².